The molecule has 1 aromatic rings. The lowest BCUT2D eigenvalue weighted by atomic mass is 10.0. The number of carbonyl (C=O) groups is 2. The molecule has 1 aliphatic heterocycles. The summed E-state index contributed by atoms with van der Waals surface area (Å²) in [6.45, 7) is 4.42. The highest BCUT2D eigenvalue weighted by molar-refractivity contribution is 6.19. The molecule has 1 aliphatic rings. The van der Waals surface area contributed by atoms with Gasteiger partial charge in [0, 0.05) is 19.4 Å². The highest BCUT2D eigenvalue weighted by atomic mass is 16.7. The molecule has 0 bridgehead atoms. The van der Waals surface area contributed by atoms with Gasteiger partial charge in [0.25, 0.3) is 11.5 Å². The molecule has 0 N–H and O–H groups in total. The van der Waals surface area contributed by atoms with Gasteiger partial charge in [-0.25, -0.2) is 9.59 Å². The van der Waals surface area contributed by atoms with Gasteiger partial charge in [-0.3, -0.25) is 10.1 Å². The maximum atomic E-state index is 11.8. The molecule has 1 aromatic carbocycles. The van der Waals surface area contributed by atoms with Crippen LogP contribution in [0.3, 0.4) is 0 Å². The molecule has 1 saturated heterocycles. The molecule has 0 saturated carbocycles. The summed E-state index contributed by atoms with van der Waals surface area (Å²) in [4.78, 5) is 34.2. The van der Waals surface area contributed by atoms with Crippen LogP contribution in [0.1, 0.15) is 25.0 Å². The molecule has 110 valence electrons. The molecule has 0 amide bonds. The number of para-hydroxylation sites is 1. The van der Waals surface area contributed by atoms with Gasteiger partial charge in [-0.1, -0.05) is 12.1 Å². The Kier molecular flexibility index (Phi) is 3.51. The third kappa shape index (κ3) is 2.91. The molecule has 0 spiro atoms. The lowest BCUT2D eigenvalue weighted by molar-refractivity contribution is -0.385. The Morgan fingerprint density at radius 3 is 2.29 bits per heavy atom. The van der Waals surface area contributed by atoms with Crippen LogP contribution in [0.25, 0.3) is 6.08 Å². The lowest BCUT2D eigenvalue weighted by Crippen LogP contribution is -2.41. The number of carbonyl (C=O) groups excluding carboxylic acids is 2. The first-order chi connectivity index (χ1) is 9.71. The van der Waals surface area contributed by atoms with Crippen molar-refractivity contribution in [2.75, 3.05) is 0 Å². The monoisotopic (exact) mass is 291 g/mol. The van der Waals surface area contributed by atoms with Crippen molar-refractivity contribution < 1.29 is 24.0 Å². The number of cyclic esters (lactones) is 2. The van der Waals surface area contributed by atoms with E-state index in [0.29, 0.717) is 5.56 Å². The topological polar surface area (TPSA) is 95.7 Å². The van der Waals surface area contributed by atoms with Gasteiger partial charge in [0.05, 0.1) is 10.5 Å². The number of rotatable bonds is 2. The third-order valence-electron chi connectivity index (χ3n) is 2.87. The summed E-state index contributed by atoms with van der Waals surface area (Å²) < 4.78 is 9.88. The number of hydrogen-bond donors (Lipinski definition) is 0. The molecule has 0 aliphatic carbocycles. The molecule has 1 heterocycles. The zero-order chi connectivity index (χ0) is 15.8. The van der Waals surface area contributed by atoms with E-state index in [1.165, 1.54) is 19.9 Å². The second-order valence-electron chi connectivity index (χ2n) is 5.01. The minimum absolute atomic E-state index is 0.142. The number of aryl methyl sites for hydroxylation is 1. The summed E-state index contributed by atoms with van der Waals surface area (Å²) in [5.74, 6) is -3.08. The van der Waals surface area contributed by atoms with E-state index >= 15 is 0 Å². The molecule has 0 unspecified atom stereocenters. The Bertz CT molecular complexity index is 652. The van der Waals surface area contributed by atoms with Crippen molar-refractivity contribution in [3.63, 3.8) is 0 Å². The van der Waals surface area contributed by atoms with Crippen molar-refractivity contribution in [1.82, 2.24) is 0 Å². The van der Waals surface area contributed by atoms with Crippen LogP contribution in [0.2, 0.25) is 0 Å². The predicted molar refractivity (Wildman–Crippen MR) is 72.1 cm³/mol. The van der Waals surface area contributed by atoms with Crippen LogP contribution < -0.4 is 0 Å². The van der Waals surface area contributed by atoms with Crippen molar-refractivity contribution >= 4 is 23.7 Å². The Labute approximate surface area is 120 Å². The van der Waals surface area contributed by atoms with Crippen LogP contribution in [-0.2, 0) is 19.1 Å². The first-order valence-corrected chi connectivity index (χ1v) is 6.13. The second kappa shape index (κ2) is 5.01. The zero-order valence-corrected chi connectivity index (χ0v) is 11.7. The number of hydrogen-bond acceptors (Lipinski definition) is 6. The highest BCUT2D eigenvalue weighted by Crippen LogP contribution is 2.28. The Morgan fingerprint density at radius 1 is 1.19 bits per heavy atom. The fourth-order valence-corrected chi connectivity index (χ4v) is 1.98. The Hall–Kier alpha value is -2.70. The number of ether oxygens (including phenoxy) is 2. The average molecular weight is 291 g/mol. The van der Waals surface area contributed by atoms with Crippen molar-refractivity contribution in [2.45, 2.75) is 26.6 Å². The zero-order valence-electron chi connectivity index (χ0n) is 11.7. The van der Waals surface area contributed by atoms with E-state index in [0.717, 1.165) is 6.08 Å². The minimum Gasteiger partial charge on any atom is -0.419 e. The van der Waals surface area contributed by atoms with E-state index in [1.54, 1.807) is 19.1 Å². The molecule has 0 radical (unpaired) electrons. The van der Waals surface area contributed by atoms with Crippen LogP contribution in [0.5, 0.6) is 0 Å². The number of nitrogens with zero attached hydrogens (tertiary/aromatic N) is 1. The van der Waals surface area contributed by atoms with Crippen molar-refractivity contribution in [1.29, 1.82) is 0 Å². The molecular formula is C14H13NO6. The second-order valence-corrected chi connectivity index (χ2v) is 5.01. The Balaban J connectivity index is 2.50. The fourth-order valence-electron chi connectivity index (χ4n) is 1.98. The van der Waals surface area contributed by atoms with Crippen molar-refractivity contribution in [2.24, 2.45) is 0 Å². The summed E-state index contributed by atoms with van der Waals surface area (Å²) in [7, 11) is 0. The summed E-state index contributed by atoms with van der Waals surface area (Å²) in [6, 6.07) is 4.61. The predicted octanol–water partition coefficient (Wildman–Crippen LogP) is 2.12. The maximum Gasteiger partial charge on any atom is 0.348 e. The summed E-state index contributed by atoms with van der Waals surface area (Å²) >= 11 is 0. The van der Waals surface area contributed by atoms with E-state index in [9.17, 15) is 19.7 Å². The summed E-state index contributed by atoms with van der Waals surface area (Å²) in [6.07, 6.45) is 1.12. The molecule has 1 fully saturated rings. The quantitative estimate of drug-likeness (QED) is 0.272. The van der Waals surface area contributed by atoms with Crippen molar-refractivity contribution in [3.8, 4) is 0 Å². The summed E-state index contributed by atoms with van der Waals surface area (Å²) in [5, 5.41) is 11.1. The van der Waals surface area contributed by atoms with Crippen LogP contribution in [0.15, 0.2) is 23.8 Å². The molecule has 2 rings (SSSR count). The van der Waals surface area contributed by atoms with Gasteiger partial charge >= 0.3 is 11.9 Å². The average Bonchev–Trinajstić information content (AvgIpc) is 2.32. The number of nitro groups is 1. The van der Waals surface area contributed by atoms with Gasteiger partial charge in [0.15, 0.2) is 0 Å². The molecule has 21 heavy (non-hydrogen) atoms. The minimum atomic E-state index is -1.34. The highest BCUT2D eigenvalue weighted by Gasteiger charge is 2.39. The smallest absolute Gasteiger partial charge is 0.348 e. The van der Waals surface area contributed by atoms with E-state index in [2.05, 4.69) is 0 Å². The van der Waals surface area contributed by atoms with Gasteiger partial charge in [-0.2, -0.15) is 0 Å². The molecule has 0 aromatic heterocycles. The number of benzene rings is 1. The lowest BCUT2D eigenvalue weighted by Gasteiger charge is -2.29. The van der Waals surface area contributed by atoms with Crippen LogP contribution in [0, 0.1) is 17.0 Å². The normalized spacial score (nSPS) is 17.0. The van der Waals surface area contributed by atoms with Crippen LogP contribution in [0.4, 0.5) is 5.69 Å². The molecule has 0 atom stereocenters. The van der Waals surface area contributed by atoms with Crippen LogP contribution in [-0.4, -0.2) is 22.6 Å². The van der Waals surface area contributed by atoms with Gasteiger partial charge in [0.2, 0.25) is 0 Å². The maximum absolute atomic E-state index is 11.8. The molecular weight excluding hydrogens is 278 g/mol. The first kappa shape index (κ1) is 14.7. The van der Waals surface area contributed by atoms with E-state index < -0.39 is 22.6 Å². The van der Waals surface area contributed by atoms with E-state index in [4.69, 9.17) is 9.47 Å². The first-order valence-electron chi connectivity index (χ1n) is 6.13. The SMILES string of the molecule is Cc1cccc(C=C2C(=O)OC(C)(C)OC2=O)c1[N+](=O)[O-]. The van der Waals surface area contributed by atoms with Gasteiger partial charge in [0.1, 0.15) is 5.57 Å². The molecule has 7 heteroatoms. The number of nitro benzene ring substituents is 1. The van der Waals surface area contributed by atoms with E-state index in [1.807, 2.05) is 0 Å². The van der Waals surface area contributed by atoms with Gasteiger partial charge in [-0.15, -0.1) is 0 Å². The fraction of sp³-hybridized carbons (Fsp3) is 0.286. The largest absolute Gasteiger partial charge is 0.419 e. The van der Waals surface area contributed by atoms with E-state index in [-0.39, 0.29) is 16.8 Å². The van der Waals surface area contributed by atoms with Crippen molar-refractivity contribution in [3.05, 3.63) is 45.0 Å². The van der Waals surface area contributed by atoms with Gasteiger partial charge < -0.3 is 9.47 Å². The Morgan fingerprint density at radius 2 is 1.76 bits per heavy atom. The summed E-state index contributed by atoms with van der Waals surface area (Å²) in [5.41, 5.74) is 0.0225. The third-order valence-corrected chi connectivity index (χ3v) is 2.87. The van der Waals surface area contributed by atoms with Gasteiger partial charge in [-0.05, 0) is 19.1 Å². The molecule has 7 nitrogen and oxygen atoms in total. The van der Waals surface area contributed by atoms with Crippen LogP contribution >= 0.6 is 0 Å². The number of esters is 2. The standard InChI is InChI=1S/C14H13NO6/c1-8-5-4-6-9(11(8)15(18)19)7-10-12(16)20-14(2,3)21-13(10)17/h4-7H,1-3H3.